The number of anilines is 2. The Kier molecular flexibility index (Phi) is 7.98. The number of amides is 3. The van der Waals surface area contributed by atoms with Gasteiger partial charge in [-0.15, -0.1) is 0 Å². The zero-order valence-corrected chi connectivity index (χ0v) is 22.0. The number of aromatic nitrogens is 1. The van der Waals surface area contributed by atoms with Gasteiger partial charge >= 0.3 is 12.2 Å². The molecule has 1 aliphatic rings. The molecule has 1 aliphatic heterocycles. The molecule has 1 unspecified atom stereocenters. The van der Waals surface area contributed by atoms with Gasteiger partial charge in [-0.1, -0.05) is 24.3 Å². The summed E-state index contributed by atoms with van der Waals surface area (Å²) in [6, 6.07) is 6.62. The molecule has 1 saturated heterocycles. The molecule has 1 fully saturated rings. The fraction of sp³-hybridized carbons (Fsp3) is 0.269. The van der Waals surface area contributed by atoms with Crippen LogP contribution < -0.4 is 20.8 Å². The topological polar surface area (TPSA) is 91.4 Å². The minimum atomic E-state index is -4.84. The number of hydrogen-bond donors (Lipinski definition) is 2. The van der Waals surface area contributed by atoms with E-state index < -0.39 is 60.1 Å². The highest BCUT2D eigenvalue weighted by Gasteiger charge is 2.35. The molecule has 3 aromatic rings. The number of carbonyl (C=O) groups is 2. The number of piperidine rings is 1. The molecule has 0 bridgehead atoms. The summed E-state index contributed by atoms with van der Waals surface area (Å²) in [4.78, 5) is 29.7. The first-order valence-electron chi connectivity index (χ1n) is 11.9. The second-order valence-electron chi connectivity index (χ2n) is 9.46. The van der Waals surface area contributed by atoms with E-state index in [4.69, 9.17) is 0 Å². The van der Waals surface area contributed by atoms with Crippen molar-refractivity contribution in [3.05, 3.63) is 71.7 Å². The standard InChI is InChI=1S/C26H23F6N4O3P/c1-40(2,39)20-8-4-3-6-15(20)16-9-10-19(22(29)21(16)28)36-11-5-7-18(24(36)37)34-25(38)35-23-17(27)12-14(13-33-23)26(30,31)32/h3-4,6,8-10,12-13,18H,5,7,11H2,1-2H3,(H2,33,34,35,38). The van der Waals surface area contributed by atoms with E-state index in [1.165, 1.54) is 31.5 Å². The Morgan fingerprint density at radius 2 is 1.75 bits per heavy atom. The molecule has 0 saturated carbocycles. The lowest BCUT2D eigenvalue weighted by molar-refractivity contribution is -0.138. The molecule has 0 spiro atoms. The van der Waals surface area contributed by atoms with Crippen LogP contribution in [-0.2, 0) is 15.5 Å². The zero-order valence-electron chi connectivity index (χ0n) is 21.2. The van der Waals surface area contributed by atoms with Gasteiger partial charge in [-0.05, 0) is 49.9 Å². The third-order valence-electron chi connectivity index (χ3n) is 6.27. The number of carbonyl (C=O) groups excluding carboxylic acids is 2. The third-order valence-corrected chi connectivity index (χ3v) is 7.82. The Morgan fingerprint density at radius 1 is 1.05 bits per heavy atom. The highest BCUT2D eigenvalue weighted by Crippen LogP contribution is 2.40. The summed E-state index contributed by atoms with van der Waals surface area (Å²) in [5, 5.41) is 4.58. The van der Waals surface area contributed by atoms with Gasteiger partial charge in [0.25, 0.3) is 0 Å². The summed E-state index contributed by atoms with van der Waals surface area (Å²) in [6.07, 6.45) is -4.10. The van der Waals surface area contributed by atoms with Crippen molar-refractivity contribution in [3.8, 4) is 11.1 Å². The monoisotopic (exact) mass is 584 g/mol. The predicted molar refractivity (Wildman–Crippen MR) is 138 cm³/mol. The number of alkyl halides is 3. The normalized spacial score (nSPS) is 16.1. The summed E-state index contributed by atoms with van der Waals surface area (Å²) in [5.74, 6) is -5.58. The molecule has 14 heteroatoms. The number of nitrogens with zero attached hydrogens (tertiary/aromatic N) is 2. The van der Waals surface area contributed by atoms with Crippen molar-refractivity contribution in [2.75, 3.05) is 30.1 Å². The highest BCUT2D eigenvalue weighted by molar-refractivity contribution is 7.70. The zero-order chi connectivity index (χ0) is 29.4. The smallest absolute Gasteiger partial charge is 0.326 e. The Labute approximate surface area is 225 Å². The van der Waals surface area contributed by atoms with Crippen LogP contribution in [0.4, 0.5) is 42.6 Å². The highest BCUT2D eigenvalue weighted by atomic mass is 31.2. The van der Waals surface area contributed by atoms with Crippen LogP contribution in [0.15, 0.2) is 48.7 Å². The average molecular weight is 584 g/mol. The van der Waals surface area contributed by atoms with Crippen molar-refractivity contribution in [2.45, 2.75) is 25.1 Å². The first kappa shape index (κ1) is 29.1. The van der Waals surface area contributed by atoms with E-state index in [-0.39, 0.29) is 42.3 Å². The van der Waals surface area contributed by atoms with E-state index in [0.29, 0.717) is 11.5 Å². The Bertz CT molecular complexity index is 1520. The number of hydrogen-bond acceptors (Lipinski definition) is 4. The summed E-state index contributed by atoms with van der Waals surface area (Å²) >= 11 is 0. The van der Waals surface area contributed by atoms with Crippen molar-refractivity contribution in [2.24, 2.45) is 0 Å². The van der Waals surface area contributed by atoms with Crippen molar-refractivity contribution in [1.29, 1.82) is 0 Å². The van der Waals surface area contributed by atoms with Gasteiger partial charge in [0.1, 0.15) is 13.2 Å². The third kappa shape index (κ3) is 5.99. The molecule has 2 aromatic carbocycles. The lowest BCUT2D eigenvalue weighted by Crippen LogP contribution is -2.53. The Morgan fingerprint density at radius 3 is 2.40 bits per heavy atom. The van der Waals surface area contributed by atoms with Crippen LogP contribution in [0.1, 0.15) is 18.4 Å². The maximum Gasteiger partial charge on any atom is 0.417 e. The molecular weight excluding hydrogens is 561 g/mol. The molecule has 0 aliphatic carbocycles. The van der Waals surface area contributed by atoms with Gasteiger partial charge in [0.05, 0.1) is 11.3 Å². The van der Waals surface area contributed by atoms with E-state index in [1.807, 2.05) is 5.32 Å². The van der Waals surface area contributed by atoms with Crippen molar-refractivity contribution < 1.29 is 40.5 Å². The number of rotatable bonds is 5. The predicted octanol–water partition coefficient (Wildman–Crippen LogP) is 5.75. The van der Waals surface area contributed by atoms with E-state index >= 15 is 8.78 Å². The van der Waals surface area contributed by atoms with Gasteiger partial charge in [0, 0.05) is 23.6 Å². The van der Waals surface area contributed by atoms with E-state index in [0.717, 1.165) is 4.90 Å². The van der Waals surface area contributed by atoms with Gasteiger partial charge in [-0.2, -0.15) is 13.2 Å². The number of nitrogens with one attached hydrogen (secondary N) is 2. The summed E-state index contributed by atoms with van der Waals surface area (Å²) < 4.78 is 95.5. The Balaban J connectivity index is 1.53. The minimum Gasteiger partial charge on any atom is -0.326 e. The molecule has 212 valence electrons. The number of halogens is 6. The molecule has 1 atom stereocenters. The van der Waals surface area contributed by atoms with E-state index in [9.17, 15) is 31.7 Å². The van der Waals surface area contributed by atoms with Crippen LogP contribution in [0.25, 0.3) is 11.1 Å². The largest absolute Gasteiger partial charge is 0.417 e. The molecule has 1 aromatic heterocycles. The van der Waals surface area contributed by atoms with Crippen LogP contribution in [0, 0.1) is 17.5 Å². The van der Waals surface area contributed by atoms with Crippen LogP contribution in [0.2, 0.25) is 0 Å². The van der Waals surface area contributed by atoms with Crippen LogP contribution in [0.3, 0.4) is 0 Å². The SMILES string of the molecule is CP(C)(=O)c1ccccc1-c1ccc(N2CCCC(NC(=O)Nc3ncc(C(F)(F)F)cc3F)C2=O)c(F)c1F. The fourth-order valence-electron chi connectivity index (χ4n) is 4.36. The number of benzene rings is 2. The molecule has 4 rings (SSSR count). The summed E-state index contributed by atoms with van der Waals surface area (Å²) in [6.45, 7) is 3.03. The molecule has 2 N–H and O–H groups in total. The van der Waals surface area contributed by atoms with E-state index in [2.05, 4.69) is 10.3 Å². The van der Waals surface area contributed by atoms with Crippen molar-refractivity contribution in [1.82, 2.24) is 10.3 Å². The molecule has 2 heterocycles. The van der Waals surface area contributed by atoms with Gasteiger partial charge in [0.2, 0.25) is 5.91 Å². The average Bonchev–Trinajstić information content (AvgIpc) is 2.87. The van der Waals surface area contributed by atoms with Gasteiger partial charge < -0.3 is 14.8 Å². The fourth-order valence-corrected chi connectivity index (χ4v) is 5.58. The van der Waals surface area contributed by atoms with Crippen molar-refractivity contribution >= 4 is 35.9 Å². The quantitative estimate of drug-likeness (QED) is 0.295. The van der Waals surface area contributed by atoms with Crippen LogP contribution in [0.5, 0.6) is 0 Å². The first-order chi connectivity index (χ1) is 18.7. The van der Waals surface area contributed by atoms with Crippen LogP contribution >= 0.6 is 7.14 Å². The summed E-state index contributed by atoms with van der Waals surface area (Å²) in [5.41, 5.74) is -1.60. The van der Waals surface area contributed by atoms with Gasteiger partial charge in [-0.25, -0.2) is 22.9 Å². The van der Waals surface area contributed by atoms with Crippen LogP contribution in [-0.4, -0.2) is 42.8 Å². The maximum atomic E-state index is 15.3. The van der Waals surface area contributed by atoms with Gasteiger partial charge in [0.15, 0.2) is 23.3 Å². The molecule has 7 nitrogen and oxygen atoms in total. The van der Waals surface area contributed by atoms with Crippen molar-refractivity contribution in [3.63, 3.8) is 0 Å². The lowest BCUT2D eigenvalue weighted by atomic mass is 10.0. The molecule has 0 radical (unpaired) electrons. The first-order valence-corrected chi connectivity index (χ1v) is 14.5. The second-order valence-corrected chi connectivity index (χ2v) is 12.6. The lowest BCUT2D eigenvalue weighted by Gasteiger charge is -2.33. The second kappa shape index (κ2) is 11.0. The maximum absolute atomic E-state index is 15.3. The summed E-state index contributed by atoms with van der Waals surface area (Å²) in [7, 11) is -2.84. The van der Waals surface area contributed by atoms with E-state index in [1.54, 1.807) is 18.2 Å². The molecule has 40 heavy (non-hydrogen) atoms. The number of pyridine rings is 1. The molecular formula is C26H23F6N4O3P. The minimum absolute atomic E-state index is 0.0130. The molecule has 3 amide bonds. The number of urea groups is 1. The Hall–Kier alpha value is -3.86. The van der Waals surface area contributed by atoms with Gasteiger partial charge in [-0.3, -0.25) is 10.1 Å².